The number of nitrogens with one attached hydrogen (secondary N) is 1. The van der Waals surface area contributed by atoms with Crippen molar-refractivity contribution >= 4 is 58.2 Å². The summed E-state index contributed by atoms with van der Waals surface area (Å²) >= 11 is 5.71. The van der Waals surface area contributed by atoms with Crippen LogP contribution in [0.15, 0.2) is 103 Å². The van der Waals surface area contributed by atoms with Crippen molar-refractivity contribution in [2.75, 3.05) is 21.7 Å². The molecule has 1 fully saturated rings. The maximum absolute atomic E-state index is 13.8. The molecule has 0 saturated carbocycles. The fraction of sp³-hybridized carbons (Fsp3) is 0.118. The standard InChI is InChI=1S/C34H29N3O4S/c1-22-8-7-9-26(18-22)35-31(38)21-41-29-16-13-25(14-17-29)20-30-32(39)36(27-10-5-4-6-11-27)34(42)37(33(30)40)28-15-12-23(2)24(3)19-28/h4-20H,21H2,1-3H3,(H,35,38)/b30-20-. The van der Waals surface area contributed by atoms with Crippen LogP contribution in [0.25, 0.3) is 6.08 Å². The topological polar surface area (TPSA) is 79.0 Å². The molecule has 0 aromatic heterocycles. The molecule has 7 nitrogen and oxygen atoms in total. The van der Waals surface area contributed by atoms with E-state index in [1.54, 1.807) is 42.5 Å². The van der Waals surface area contributed by atoms with Crippen LogP contribution >= 0.6 is 12.2 Å². The van der Waals surface area contributed by atoms with Gasteiger partial charge in [-0.25, -0.2) is 0 Å². The highest BCUT2D eigenvalue weighted by Crippen LogP contribution is 2.31. The molecule has 210 valence electrons. The maximum Gasteiger partial charge on any atom is 0.270 e. The number of hydrogen-bond donors (Lipinski definition) is 1. The second-order valence-corrected chi connectivity index (χ2v) is 10.4. The van der Waals surface area contributed by atoms with Gasteiger partial charge >= 0.3 is 0 Å². The lowest BCUT2D eigenvalue weighted by atomic mass is 10.0. The summed E-state index contributed by atoms with van der Waals surface area (Å²) in [6.45, 7) is 5.74. The molecular weight excluding hydrogens is 546 g/mol. The van der Waals surface area contributed by atoms with Crippen LogP contribution in [-0.4, -0.2) is 29.4 Å². The van der Waals surface area contributed by atoms with Gasteiger partial charge in [0.2, 0.25) is 0 Å². The highest BCUT2D eigenvalue weighted by Gasteiger charge is 2.41. The van der Waals surface area contributed by atoms with Crippen molar-refractivity contribution in [2.45, 2.75) is 20.8 Å². The van der Waals surface area contributed by atoms with Gasteiger partial charge in [-0.1, -0.05) is 48.5 Å². The molecule has 0 aliphatic carbocycles. The summed E-state index contributed by atoms with van der Waals surface area (Å²) in [4.78, 5) is 42.6. The highest BCUT2D eigenvalue weighted by atomic mass is 32.1. The van der Waals surface area contributed by atoms with Crippen molar-refractivity contribution in [3.63, 3.8) is 0 Å². The Labute approximate surface area is 250 Å². The summed E-state index contributed by atoms with van der Waals surface area (Å²) in [6.07, 6.45) is 1.55. The third kappa shape index (κ3) is 6.14. The molecule has 0 atom stereocenters. The summed E-state index contributed by atoms with van der Waals surface area (Å²) in [5.41, 5.74) is 5.55. The Kier molecular flexibility index (Phi) is 8.26. The van der Waals surface area contributed by atoms with E-state index >= 15 is 0 Å². The number of para-hydroxylation sites is 1. The van der Waals surface area contributed by atoms with Crippen molar-refractivity contribution in [3.05, 3.63) is 125 Å². The monoisotopic (exact) mass is 575 g/mol. The normalized spacial score (nSPS) is 14.4. The predicted molar refractivity (Wildman–Crippen MR) is 170 cm³/mol. The minimum atomic E-state index is -0.510. The van der Waals surface area contributed by atoms with E-state index < -0.39 is 11.8 Å². The largest absolute Gasteiger partial charge is 0.484 e. The fourth-order valence-electron chi connectivity index (χ4n) is 4.52. The predicted octanol–water partition coefficient (Wildman–Crippen LogP) is 6.38. The molecular formula is C34H29N3O4S. The molecule has 1 N–H and O–H groups in total. The van der Waals surface area contributed by atoms with Gasteiger partial charge in [0.1, 0.15) is 11.3 Å². The number of carbonyl (C=O) groups is 3. The van der Waals surface area contributed by atoms with E-state index in [4.69, 9.17) is 17.0 Å². The molecule has 1 heterocycles. The Morgan fingerprint density at radius 3 is 2.14 bits per heavy atom. The van der Waals surface area contributed by atoms with Crippen LogP contribution in [0.4, 0.5) is 17.1 Å². The smallest absolute Gasteiger partial charge is 0.270 e. The average Bonchev–Trinajstić information content (AvgIpc) is 2.97. The summed E-state index contributed by atoms with van der Waals surface area (Å²) in [6, 6.07) is 29.0. The van der Waals surface area contributed by atoms with Gasteiger partial charge < -0.3 is 10.1 Å². The number of aryl methyl sites for hydroxylation is 3. The first-order valence-corrected chi connectivity index (χ1v) is 13.8. The SMILES string of the molecule is Cc1cccc(NC(=O)COc2ccc(/C=C3/C(=O)N(c4ccccc4)C(=S)N(c4ccc(C)c(C)c4)C3=O)cc2)c1. The van der Waals surface area contributed by atoms with E-state index in [1.807, 2.05) is 81.4 Å². The molecule has 1 aliphatic rings. The molecule has 0 bridgehead atoms. The van der Waals surface area contributed by atoms with E-state index in [1.165, 1.54) is 9.80 Å². The zero-order valence-corrected chi connectivity index (χ0v) is 24.3. The zero-order valence-electron chi connectivity index (χ0n) is 23.5. The molecule has 4 aromatic carbocycles. The van der Waals surface area contributed by atoms with Crippen molar-refractivity contribution in [1.29, 1.82) is 0 Å². The van der Waals surface area contributed by atoms with Gasteiger partial charge in [0.25, 0.3) is 17.7 Å². The van der Waals surface area contributed by atoms with Gasteiger partial charge in [0, 0.05) is 5.69 Å². The first kappa shape index (κ1) is 28.4. The van der Waals surface area contributed by atoms with Crippen LogP contribution in [0.1, 0.15) is 22.3 Å². The molecule has 0 unspecified atom stereocenters. The number of benzene rings is 4. The zero-order chi connectivity index (χ0) is 29.8. The Bertz CT molecular complexity index is 1710. The summed E-state index contributed by atoms with van der Waals surface area (Å²) < 4.78 is 5.64. The second-order valence-electron chi connectivity index (χ2n) is 10.0. The lowest BCUT2D eigenvalue weighted by molar-refractivity contribution is -0.121. The number of carbonyl (C=O) groups excluding carboxylic acids is 3. The van der Waals surface area contributed by atoms with Crippen LogP contribution < -0.4 is 19.9 Å². The van der Waals surface area contributed by atoms with E-state index in [2.05, 4.69) is 5.32 Å². The van der Waals surface area contributed by atoms with Gasteiger partial charge in [-0.3, -0.25) is 24.2 Å². The minimum absolute atomic E-state index is 0.0307. The van der Waals surface area contributed by atoms with E-state index in [0.29, 0.717) is 28.4 Å². The Hall–Kier alpha value is -5.08. The van der Waals surface area contributed by atoms with Crippen LogP contribution in [0.5, 0.6) is 5.75 Å². The van der Waals surface area contributed by atoms with Gasteiger partial charge in [-0.05, 0) is 110 Å². The Balaban J connectivity index is 1.39. The third-order valence-electron chi connectivity index (χ3n) is 6.88. The van der Waals surface area contributed by atoms with Crippen LogP contribution in [0.3, 0.4) is 0 Å². The minimum Gasteiger partial charge on any atom is -0.484 e. The van der Waals surface area contributed by atoms with Gasteiger partial charge in [-0.15, -0.1) is 0 Å². The fourth-order valence-corrected chi connectivity index (χ4v) is 4.90. The van der Waals surface area contributed by atoms with E-state index in [0.717, 1.165) is 16.7 Å². The van der Waals surface area contributed by atoms with Crippen LogP contribution in [0.2, 0.25) is 0 Å². The number of thiocarbonyl (C=S) groups is 1. The van der Waals surface area contributed by atoms with Crippen molar-refractivity contribution in [2.24, 2.45) is 0 Å². The van der Waals surface area contributed by atoms with Crippen molar-refractivity contribution in [1.82, 2.24) is 0 Å². The number of nitrogens with zero attached hydrogens (tertiary/aromatic N) is 2. The number of ether oxygens (including phenoxy) is 1. The van der Waals surface area contributed by atoms with E-state index in [-0.39, 0.29) is 23.2 Å². The molecule has 4 aromatic rings. The van der Waals surface area contributed by atoms with Crippen LogP contribution in [0, 0.1) is 20.8 Å². The molecule has 1 aliphatic heterocycles. The lowest BCUT2D eigenvalue weighted by Crippen LogP contribution is -2.57. The number of amides is 3. The number of hydrogen-bond acceptors (Lipinski definition) is 5. The maximum atomic E-state index is 13.8. The van der Waals surface area contributed by atoms with Gasteiger partial charge in [-0.2, -0.15) is 0 Å². The first-order chi connectivity index (χ1) is 20.2. The molecule has 0 radical (unpaired) electrons. The highest BCUT2D eigenvalue weighted by molar-refractivity contribution is 7.81. The Morgan fingerprint density at radius 2 is 1.48 bits per heavy atom. The average molecular weight is 576 g/mol. The lowest BCUT2D eigenvalue weighted by Gasteiger charge is -2.36. The quantitative estimate of drug-likeness (QED) is 0.157. The summed E-state index contributed by atoms with van der Waals surface area (Å²) in [5, 5.41) is 2.89. The van der Waals surface area contributed by atoms with Gasteiger partial charge in [0.15, 0.2) is 11.7 Å². The molecule has 8 heteroatoms. The van der Waals surface area contributed by atoms with Crippen LogP contribution in [-0.2, 0) is 14.4 Å². The van der Waals surface area contributed by atoms with Crippen molar-refractivity contribution < 1.29 is 19.1 Å². The molecule has 1 saturated heterocycles. The first-order valence-electron chi connectivity index (χ1n) is 13.4. The number of anilines is 3. The van der Waals surface area contributed by atoms with Gasteiger partial charge in [0.05, 0.1) is 11.4 Å². The Morgan fingerprint density at radius 1 is 0.786 bits per heavy atom. The summed E-state index contributed by atoms with van der Waals surface area (Å²) in [5.74, 6) is -0.826. The molecule has 42 heavy (non-hydrogen) atoms. The summed E-state index contributed by atoms with van der Waals surface area (Å²) in [7, 11) is 0. The molecule has 3 amide bonds. The third-order valence-corrected chi connectivity index (χ3v) is 7.24. The molecule has 0 spiro atoms. The molecule has 5 rings (SSSR count). The van der Waals surface area contributed by atoms with E-state index in [9.17, 15) is 14.4 Å². The second kappa shape index (κ2) is 12.2. The number of rotatable bonds is 7. The van der Waals surface area contributed by atoms with Crippen molar-refractivity contribution in [3.8, 4) is 5.75 Å².